The Morgan fingerprint density at radius 2 is 1.84 bits per heavy atom. The zero-order valence-corrected chi connectivity index (χ0v) is 17.5. The van der Waals surface area contributed by atoms with Crippen LogP contribution in [0, 0.1) is 0 Å². The molecule has 128 valence electrons. The van der Waals surface area contributed by atoms with Crippen LogP contribution in [0.5, 0.6) is 5.75 Å². The predicted octanol–water partition coefficient (Wildman–Crippen LogP) is 6.11. The first kappa shape index (κ1) is 18.5. The summed E-state index contributed by atoms with van der Waals surface area (Å²) in [7, 11) is 1.57. The Bertz CT molecular complexity index is 894. The number of imide groups is 1. The lowest BCUT2D eigenvalue weighted by Gasteiger charge is -2.12. The van der Waals surface area contributed by atoms with Crippen LogP contribution in [0.25, 0.3) is 6.08 Å². The van der Waals surface area contributed by atoms with Crippen LogP contribution in [-0.4, -0.2) is 18.3 Å². The fraction of sp³-hybridized carbons (Fsp3) is 0.0588. The maximum atomic E-state index is 12.6. The summed E-state index contributed by atoms with van der Waals surface area (Å²) in [5, 5.41) is 0.105. The first-order chi connectivity index (χ1) is 11.9. The molecule has 2 amide bonds. The number of carbonyl (C=O) groups excluding carboxylic acids is 2. The number of anilines is 1. The summed E-state index contributed by atoms with van der Waals surface area (Å²) in [6.45, 7) is 0. The van der Waals surface area contributed by atoms with Gasteiger partial charge in [0.15, 0.2) is 0 Å². The highest BCUT2D eigenvalue weighted by Gasteiger charge is 2.36. The molecule has 0 aromatic heterocycles. The van der Waals surface area contributed by atoms with Gasteiger partial charge in [-0.05, 0) is 85.6 Å². The molecule has 0 unspecified atom stereocenters. The monoisotopic (exact) mass is 501 g/mol. The average Bonchev–Trinajstić information content (AvgIpc) is 2.81. The average molecular weight is 504 g/mol. The maximum absolute atomic E-state index is 12.6. The number of hydrogen-bond acceptors (Lipinski definition) is 4. The fourth-order valence-electron chi connectivity index (χ4n) is 2.31. The number of amides is 2. The van der Waals surface area contributed by atoms with Gasteiger partial charge < -0.3 is 4.74 Å². The van der Waals surface area contributed by atoms with Crippen molar-refractivity contribution < 1.29 is 14.3 Å². The number of nitrogens with zero attached hydrogens (tertiary/aromatic N) is 1. The van der Waals surface area contributed by atoms with E-state index >= 15 is 0 Å². The van der Waals surface area contributed by atoms with Crippen LogP contribution in [0.15, 0.2) is 50.2 Å². The molecule has 1 aliphatic heterocycles. The number of carbonyl (C=O) groups is 2. The van der Waals surface area contributed by atoms with Crippen molar-refractivity contribution in [3.8, 4) is 5.75 Å². The second-order valence-electron chi connectivity index (χ2n) is 5.01. The van der Waals surface area contributed by atoms with Gasteiger partial charge in [0.1, 0.15) is 5.75 Å². The molecule has 25 heavy (non-hydrogen) atoms. The second kappa shape index (κ2) is 7.53. The molecular formula is C17H10Br2ClNO3S. The third-order valence-corrected chi connectivity index (χ3v) is 5.67. The molecule has 0 bridgehead atoms. The van der Waals surface area contributed by atoms with E-state index in [9.17, 15) is 9.59 Å². The van der Waals surface area contributed by atoms with Crippen molar-refractivity contribution in [1.29, 1.82) is 0 Å². The highest BCUT2D eigenvalue weighted by Crippen LogP contribution is 2.39. The fourth-order valence-corrected chi connectivity index (χ4v) is 4.89. The minimum absolute atomic E-state index is 0.342. The summed E-state index contributed by atoms with van der Waals surface area (Å²) in [6.07, 6.45) is 1.67. The molecule has 0 aliphatic carbocycles. The second-order valence-corrected chi connectivity index (χ2v) is 8.15. The van der Waals surface area contributed by atoms with Gasteiger partial charge in [-0.15, -0.1) is 0 Å². The van der Waals surface area contributed by atoms with E-state index in [2.05, 4.69) is 31.9 Å². The van der Waals surface area contributed by atoms with Gasteiger partial charge in [0, 0.05) is 5.02 Å². The third kappa shape index (κ3) is 3.79. The highest BCUT2D eigenvalue weighted by atomic mass is 79.9. The summed E-state index contributed by atoms with van der Waals surface area (Å²) < 4.78 is 6.74. The first-order valence-electron chi connectivity index (χ1n) is 6.97. The minimum atomic E-state index is -0.375. The normalized spacial score (nSPS) is 16.0. The van der Waals surface area contributed by atoms with Crippen molar-refractivity contribution in [1.82, 2.24) is 0 Å². The number of rotatable bonds is 3. The lowest BCUT2D eigenvalue weighted by Crippen LogP contribution is -2.27. The molecule has 0 saturated carbocycles. The van der Waals surface area contributed by atoms with Crippen LogP contribution in [0.1, 0.15) is 5.56 Å². The lowest BCUT2D eigenvalue weighted by atomic mass is 10.2. The lowest BCUT2D eigenvalue weighted by molar-refractivity contribution is -0.113. The molecule has 0 radical (unpaired) electrons. The summed E-state index contributed by atoms with van der Waals surface area (Å²) in [5.41, 5.74) is 1.21. The molecule has 1 heterocycles. The van der Waals surface area contributed by atoms with Gasteiger partial charge in [-0.25, -0.2) is 4.90 Å². The van der Waals surface area contributed by atoms with Crippen LogP contribution in [-0.2, 0) is 4.79 Å². The number of hydrogen-bond donors (Lipinski definition) is 0. The SMILES string of the molecule is COc1c(Br)cc(/C=C2/SC(=O)N(c3cccc(Cl)c3)C2=O)cc1Br. The molecule has 0 spiro atoms. The van der Waals surface area contributed by atoms with E-state index in [0.29, 0.717) is 21.4 Å². The third-order valence-electron chi connectivity index (χ3n) is 3.38. The number of thioether (sulfide) groups is 1. The summed E-state index contributed by atoms with van der Waals surface area (Å²) in [6, 6.07) is 10.3. The van der Waals surface area contributed by atoms with Crippen molar-refractivity contribution in [3.05, 3.63) is 60.8 Å². The topological polar surface area (TPSA) is 46.6 Å². The van der Waals surface area contributed by atoms with E-state index in [1.807, 2.05) is 12.1 Å². The summed E-state index contributed by atoms with van der Waals surface area (Å²) in [4.78, 5) is 26.4. The molecule has 4 nitrogen and oxygen atoms in total. The first-order valence-corrected chi connectivity index (χ1v) is 9.75. The van der Waals surface area contributed by atoms with Crippen molar-refractivity contribution in [2.75, 3.05) is 12.0 Å². The van der Waals surface area contributed by atoms with E-state index in [-0.39, 0.29) is 11.1 Å². The van der Waals surface area contributed by atoms with Crippen LogP contribution in [0.4, 0.5) is 10.5 Å². The molecule has 2 aromatic carbocycles. The van der Waals surface area contributed by atoms with Gasteiger partial charge in [-0.2, -0.15) is 0 Å². The molecule has 0 N–H and O–H groups in total. The highest BCUT2D eigenvalue weighted by molar-refractivity contribution is 9.11. The largest absolute Gasteiger partial charge is 0.494 e. The van der Waals surface area contributed by atoms with Crippen LogP contribution in [0.3, 0.4) is 0 Å². The van der Waals surface area contributed by atoms with Gasteiger partial charge in [-0.3, -0.25) is 9.59 Å². The molecule has 8 heteroatoms. The molecule has 1 saturated heterocycles. The van der Waals surface area contributed by atoms with E-state index in [4.69, 9.17) is 16.3 Å². The van der Waals surface area contributed by atoms with Crippen LogP contribution in [0.2, 0.25) is 5.02 Å². The Kier molecular flexibility index (Phi) is 5.58. The Labute approximate surface area is 170 Å². The zero-order chi connectivity index (χ0) is 18.1. The minimum Gasteiger partial charge on any atom is -0.494 e. The molecule has 2 aromatic rings. The maximum Gasteiger partial charge on any atom is 0.298 e. The van der Waals surface area contributed by atoms with E-state index in [0.717, 1.165) is 31.2 Å². The smallest absolute Gasteiger partial charge is 0.298 e. The molecule has 0 atom stereocenters. The van der Waals surface area contributed by atoms with Gasteiger partial charge in [0.25, 0.3) is 11.1 Å². The number of methoxy groups -OCH3 is 1. The molecule has 1 fully saturated rings. The zero-order valence-electron chi connectivity index (χ0n) is 12.8. The summed E-state index contributed by atoms with van der Waals surface area (Å²) >= 11 is 13.7. The number of halogens is 3. The van der Waals surface area contributed by atoms with E-state index < -0.39 is 0 Å². The van der Waals surface area contributed by atoms with Crippen molar-refractivity contribution in [2.24, 2.45) is 0 Å². The quantitative estimate of drug-likeness (QED) is 0.474. The Hall–Kier alpha value is -1.28. The summed E-state index contributed by atoms with van der Waals surface area (Å²) in [5.74, 6) is 0.282. The van der Waals surface area contributed by atoms with Crippen LogP contribution >= 0.6 is 55.2 Å². The van der Waals surface area contributed by atoms with Crippen molar-refractivity contribution >= 4 is 78.1 Å². The Morgan fingerprint density at radius 1 is 1.16 bits per heavy atom. The Balaban J connectivity index is 1.96. The van der Waals surface area contributed by atoms with Gasteiger partial charge in [0.2, 0.25) is 0 Å². The standard InChI is InChI=1S/C17H10Br2ClNO3S/c1-24-15-12(18)5-9(6-13(15)19)7-14-16(22)21(17(23)25-14)11-4-2-3-10(20)8-11/h2-8H,1H3/b14-7+. The number of benzene rings is 2. The van der Waals surface area contributed by atoms with E-state index in [1.165, 1.54) is 0 Å². The van der Waals surface area contributed by atoms with Crippen LogP contribution < -0.4 is 9.64 Å². The Morgan fingerprint density at radius 3 is 2.44 bits per heavy atom. The number of ether oxygens (including phenoxy) is 1. The molecule has 3 rings (SSSR count). The predicted molar refractivity (Wildman–Crippen MR) is 108 cm³/mol. The molecular weight excluding hydrogens is 494 g/mol. The van der Waals surface area contributed by atoms with E-state index in [1.54, 1.807) is 37.5 Å². The molecule has 1 aliphatic rings. The van der Waals surface area contributed by atoms with Crippen molar-refractivity contribution in [2.45, 2.75) is 0 Å². The van der Waals surface area contributed by atoms with Gasteiger partial charge in [-0.1, -0.05) is 17.7 Å². The van der Waals surface area contributed by atoms with Crippen molar-refractivity contribution in [3.63, 3.8) is 0 Å². The van der Waals surface area contributed by atoms with Gasteiger partial charge >= 0.3 is 0 Å². The van der Waals surface area contributed by atoms with Gasteiger partial charge in [0.05, 0.1) is 26.6 Å².